The van der Waals surface area contributed by atoms with Crippen LogP contribution in [-0.2, 0) is 6.18 Å². The fourth-order valence-electron chi connectivity index (χ4n) is 2.29. The van der Waals surface area contributed by atoms with Crippen LogP contribution in [0.3, 0.4) is 0 Å². The number of alkyl halides is 3. The number of nitrogens with two attached hydrogens (primary N) is 1. The van der Waals surface area contributed by atoms with Gasteiger partial charge in [-0.2, -0.15) is 18.4 Å². The Labute approximate surface area is 139 Å². The van der Waals surface area contributed by atoms with Gasteiger partial charge in [-0.05, 0) is 29.6 Å². The van der Waals surface area contributed by atoms with Crippen LogP contribution in [0.5, 0.6) is 0 Å². The molecule has 1 aromatic carbocycles. The van der Waals surface area contributed by atoms with Gasteiger partial charge in [0, 0.05) is 16.0 Å². The highest BCUT2D eigenvalue weighted by molar-refractivity contribution is 7.13. The first kappa shape index (κ1) is 16.0. The van der Waals surface area contributed by atoms with Gasteiger partial charge in [-0.25, -0.2) is 4.98 Å². The minimum Gasteiger partial charge on any atom is -0.383 e. The minimum absolute atomic E-state index is 0.0540. The summed E-state index contributed by atoms with van der Waals surface area (Å²) in [4.78, 5) is 5.00. The van der Waals surface area contributed by atoms with Crippen molar-refractivity contribution < 1.29 is 13.2 Å². The van der Waals surface area contributed by atoms with E-state index in [0.29, 0.717) is 16.8 Å². The summed E-state index contributed by atoms with van der Waals surface area (Å²) in [6.45, 7) is 0. The van der Waals surface area contributed by atoms with Crippen molar-refractivity contribution in [2.45, 2.75) is 6.18 Å². The Bertz CT molecular complexity index is 908. The molecule has 3 rings (SSSR count). The zero-order chi connectivity index (χ0) is 17.3. The molecule has 0 spiro atoms. The molecule has 24 heavy (non-hydrogen) atoms. The van der Waals surface area contributed by atoms with Gasteiger partial charge in [-0.1, -0.05) is 18.2 Å². The first-order valence-corrected chi connectivity index (χ1v) is 7.70. The largest absolute Gasteiger partial charge is 0.416 e. The van der Waals surface area contributed by atoms with E-state index in [1.165, 1.54) is 23.5 Å². The second-order valence-electron chi connectivity index (χ2n) is 4.98. The maximum Gasteiger partial charge on any atom is 0.416 e. The molecule has 120 valence electrons. The molecule has 3 aromatic rings. The van der Waals surface area contributed by atoms with Crippen molar-refractivity contribution in [3.63, 3.8) is 0 Å². The van der Waals surface area contributed by atoms with Crippen LogP contribution in [0.1, 0.15) is 11.1 Å². The van der Waals surface area contributed by atoms with E-state index < -0.39 is 11.7 Å². The van der Waals surface area contributed by atoms with E-state index in [-0.39, 0.29) is 11.4 Å². The third-order valence-corrected chi connectivity index (χ3v) is 4.36. The maximum absolute atomic E-state index is 12.7. The fourth-order valence-corrected chi connectivity index (χ4v) is 3.04. The zero-order valence-corrected chi connectivity index (χ0v) is 12.9. The van der Waals surface area contributed by atoms with Crippen LogP contribution in [0.25, 0.3) is 21.7 Å². The third kappa shape index (κ3) is 2.96. The number of benzene rings is 1. The lowest BCUT2D eigenvalue weighted by Gasteiger charge is -2.10. The van der Waals surface area contributed by atoms with Crippen LogP contribution < -0.4 is 5.73 Å². The number of aromatic nitrogens is 1. The molecule has 2 N–H and O–H groups in total. The van der Waals surface area contributed by atoms with E-state index in [4.69, 9.17) is 5.73 Å². The number of rotatable bonds is 2. The second kappa shape index (κ2) is 5.98. The van der Waals surface area contributed by atoms with E-state index in [9.17, 15) is 18.4 Å². The lowest BCUT2D eigenvalue weighted by atomic mass is 10.0. The van der Waals surface area contributed by atoms with E-state index in [1.807, 2.05) is 23.6 Å². The van der Waals surface area contributed by atoms with Gasteiger partial charge in [-0.3, -0.25) is 0 Å². The van der Waals surface area contributed by atoms with E-state index in [1.54, 1.807) is 6.07 Å². The quantitative estimate of drug-likeness (QED) is 0.715. The van der Waals surface area contributed by atoms with Gasteiger partial charge < -0.3 is 5.73 Å². The van der Waals surface area contributed by atoms with Crippen molar-refractivity contribution in [3.8, 4) is 27.8 Å². The first-order chi connectivity index (χ1) is 11.4. The molecule has 2 heterocycles. The molecular weight excluding hydrogens is 335 g/mol. The molecule has 0 radical (unpaired) electrons. The summed E-state index contributed by atoms with van der Waals surface area (Å²) >= 11 is 1.44. The number of hydrogen-bond donors (Lipinski definition) is 1. The molecule has 0 aliphatic heterocycles. The Morgan fingerprint density at radius 2 is 1.83 bits per heavy atom. The zero-order valence-electron chi connectivity index (χ0n) is 12.1. The van der Waals surface area contributed by atoms with Gasteiger partial charge in [0.15, 0.2) is 0 Å². The summed E-state index contributed by atoms with van der Waals surface area (Å²) in [5.41, 5.74) is 6.93. The second-order valence-corrected chi connectivity index (χ2v) is 5.93. The molecule has 0 amide bonds. The SMILES string of the molecule is N#Cc1c(-c2cccs2)cc(-c2ccc(C(F)(F)F)cc2)nc1N. The van der Waals surface area contributed by atoms with E-state index in [2.05, 4.69) is 4.98 Å². The number of thiophene rings is 1. The van der Waals surface area contributed by atoms with Gasteiger partial charge in [0.05, 0.1) is 11.3 Å². The standard InChI is InChI=1S/C17H10F3N3S/c18-17(19,20)11-5-3-10(4-6-11)14-8-12(15-2-1-7-24-15)13(9-21)16(22)23-14/h1-8H,(H2,22,23). The summed E-state index contributed by atoms with van der Waals surface area (Å²) in [7, 11) is 0. The van der Waals surface area contributed by atoms with E-state index in [0.717, 1.165) is 17.0 Å². The molecule has 0 unspecified atom stereocenters. The highest BCUT2D eigenvalue weighted by Gasteiger charge is 2.30. The van der Waals surface area contributed by atoms with Crippen molar-refractivity contribution in [2.24, 2.45) is 0 Å². The van der Waals surface area contributed by atoms with Crippen LogP contribution in [0, 0.1) is 11.3 Å². The molecule has 0 fully saturated rings. The monoisotopic (exact) mass is 345 g/mol. The summed E-state index contributed by atoms with van der Waals surface area (Å²) in [5, 5.41) is 11.2. The van der Waals surface area contributed by atoms with Crippen LogP contribution in [0.4, 0.5) is 19.0 Å². The highest BCUT2D eigenvalue weighted by Crippen LogP contribution is 2.35. The Hall–Kier alpha value is -2.85. The molecule has 3 nitrogen and oxygen atoms in total. The molecule has 0 saturated carbocycles. The van der Waals surface area contributed by atoms with Crippen molar-refractivity contribution in [2.75, 3.05) is 5.73 Å². The fraction of sp³-hybridized carbons (Fsp3) is 0.0588. The topological polar surface area (TPSA) is 62.7 Å². The molecule has 2 aromatic heterocycles. The molecular formula is C17H10F3N3S. The lowest BCUT2D eigenvalue weighted by molar-refractivity contribution is -0.137. The molecule has 0 saturated heterocycles. The first-order valence-electron chi connectivity index (χ1n) is 6.82. The molecule has 0 aliphatic carbocycles. The van der Waals surface area contributed by atoms with Crippen molar-refractivity contribution in [1.29, 1.82) is 5.26 Å². The average Bonchev–Trinajstić information content (AvgIpc) is 3.07. The Balaban J connectivity index is 2.11. The van der Waals surface area contributed by atoms with Crippen LogP contribution in [0.15, 0.2) is 47.8 Å². The highest BCUT2D eigenvalue weighted by atomic mass is 32.1. The average molecular weight is 345 g/mol. The van der Waals surface area contributed by atoms with Gasteiger partial charge >= 0.3 is 6.18 Å². The number of pyridine rings is 1. The summed E-state index contributed by atoms with van der Waals surface area (Å²) in [6.07, 6.45) is -4.39. The third-order valence-electron chi connectivity index (χ3n) is 3.45. The van der Waals surface area contributed by atoms with Crippen LogP contribution in [0.2, 0.25) is 0 Å². The molecule has 0 atom stereocenters. The van der Waals surface area contributed by atoms with Gasteiger partial charge in [0.2, 0.25) is 0 Å². The van der Waals surface area contributed by atoms with Crippen molar-refractivity contribution in [3.05, 3.63) is 59.0 Å². The Kier molecular flexibility index (Phi) is 3.99. The van der Waals surface area contributed by atoms with Gasteiger partial charge in [0.1, 0.15) is 17.5 Å². The smallest absolute Gasteiger partial charge is 0.383 e. The number of anilines is 1. The van der Waals surface area contributed by atoms with Crippen LogP contribution in [-0.4, -0.2) is 4.98 Å². The molecule has 0 bridgehead atoms. The predicted molar refractivity (Wildman–Crippen MR) is 87.1 cm³/mol. The molecule has 7 heteroatoms. The number of hydrogen-bond acceptors (Lipinski definition) is 4. The lowest BCUT2D eigenvalue weighted by Crippen LogP contribution is -2.04. The number of nitriles is 1. The summed E-state index contributed by atoms with van der Waals surface area (Å²) in [6, 6.07) is 12.1. The number of nitrogens with zero attached hydrogens (tertiary/aromatic N) is 2. The molecule has 0 aliphatic rings. The Morgan fingerprint density at radius 3 is 2.38 bits per heavy atom. The van der Waals surface area contributed by atoms with Gasteiger partial charge in [0.25, 0.3) is 0 Å². The number of nitrogen functional groups attached to an aromatic ring is 1. The van der Waals surface area contributed by atoms with Crippen molar-refractivity contribution >= 4 is 17.2 Å². The van der Waals surface area contributed by atoms with Crippen molar-refractivity contribution in [1.82, 2.24) is 4.98 Å². The Morgan fingerprint density at radius 1 is 1.12 bits per heavy atom. The summed E-state index contributed by atoms with van der Waals surface area (Å²) < 4.78 is 38.0. The van der Waals surface area contributed by atoms with Crippen LogP contribution >= 0.6 is 11.3 Å². The summed E-state index contributed by atoms with van der Waals surface area (Å²) in [5.74, 6) is 0.0540. The number of halogens is 3. The van der Waals surface area contributed by atoms with E-state index >= 15 is 0 Å². The maximum atomic E-state index is 12.7. The predicted octanol–water partition coefficient (Wildman–Crippen LogP) is 4.95. The minimum atomic E-state index is -4.39. The normalized spacial score (nSPS) is 11.2. The van der Waals surface area contributed by atoms with Gasteiger partial charge in [-0.15, -0.1) is 11.3 Å².